The van der Waals surface area contributed by atoms with E-state index in [2.05, 4.69) is 17.1 Å². The zero-order valence-electron chi connectivity index (χ0n) is 9.12. The van der Waals surface area contributed by atoms with Gasteiger partial charge in [-0.15, -0.1) is 0 Å². The quantitative estimate of drug-likeness (QED) is 0.659. The van der Waals surface area contributed by atoms with E-state index in [9.17, 15) is 4.79 Å². The largest absolute Gasteiger partial charge is 0.370 e. The van der Waals surface area contributed by atoms with E-state index in [0.29, 0.717) is 18.4 Å². The Hall–Kier alpha value is -0.610. The summed E-state index contributed by atoms with van der Waals surface area (Å²) in [6.45, 7) is 5.20. The molecule has 0 radical (unpaired) electrons. The van der Waals surface area contributed by atoms with Gasteiger partial charge in [-0.1, -0.05) is 6.92 Å². The molecule has 2 atom stereocenters. The molecule has 0 saturated carbocycles. The van der Waals surface area contributed by atoms with E-state index >= 15 is 0 Å². The number of nitrogens with zero attached hydrogens (tertiary/aromatic N) is 1. The standard InChI is InChI=1S/C10H21N3O/c1-8-7-13(6-4-10(11)14)5-3-9(8)12-2/h8-9,12H,3-7H2,1-2H3,(H2,11,14). The first-order chi connectivity index (χ1) is 6.63. The highest BCUT2D eigenvalue weighted by Crippen LogP contribution is 2.16. The lowest BCUT2D eigenvalue weighted by Crippen LogP contribution is -2.47. The Labute approximate surface area is 85.8 Å². The fourth-order valence-corrected chi connectivity index (χ4v) is 2.13. The number of amides is 1. The average Bonchev–Trinajstić information content (AvgIpc) is 2.15. The monoisotopic (exact) mass is 199 g/mol. The SMILES string of the molecule is CNC1CCN(CCC(N)=O)CC1C. The summed E-state index contributed by atoms with van der Waals surface area (Å²) in [5.41, 5.74) is 5.12. The molecule has 0 aromatic heterocycles. The Morgan fingerprint density at radius 3 is 2.86 bits per heavy atom. The van der Waals surface area contributed by atoms with Crippen molar-refractivity contribution in [3.05, 3.63) is 0 Å². The van der Waals surface area contributed by atoms with Crippen molar-refractivity contribution in [2.24, 2.45) is 11.7 Å². The maximum Gasteiger partial charge on any atom is 0.218 e. The fraction of sp³-hybridized carbons (Fsp3) is 0.900. The van der Waals surface area contributed by atoms with E-state index in [-0.39, 0.29) is 5.91 Å². The second-order valence-electron chi connectivity index (χ2n) is 4.18. The summed E-state index contributed by atoms with van der Waals surface area (Å²) in [5.74, 6) is 0.454. The van der Waals surface area contributed by atoms with Crippen LogP contribution in [0.1, 0.15) is 19.8 Å². The van der Waals surface area contributed by atoms with Gasteiger partial charge in [0.2, 0.25) is 5.91 Å². The molecular weight excluding hydrogens is 178 g/mol. The highest BCUT2D eigenvalue weighted by Gasteiger charge is 2.24. The lowest BCUT2D eigenvalue weighted by molar-refractivity contribution is -0.118. The van der Waals surface area contributed by atoms with Crippen molar-refractivity contribution in [2.75, 3.05) is 26.7 Å². The summed E-state index contributed by atoms with van der Waals surface area (Å²) in [6, 6.07) is 0.625. The van der Waals surface area contributed by atoms with Crippen molar-refractivity contribution in [3.8, 4) is 0 Å². The molecule has 82 valence electrons. The number of carbonyl (C=O) groups excluding carboxylic acids is 1. The number of carbonyl (C=O) groups is 1. The van der Waals surface area contributed by atoms with Gasteiger partial charge >= 0.3 is 0 Å². The van der Waals surface area contributed by atoms with Crippen molar-refractivity contribution in [3.63, 3.8) is 0 Å². The third-order valence-electron chi connectivity index (χ3n) is 3.03. The average molecular weight is 199 g/mol. The summed E-state index contributed by atoms with van der Waals surface area (Å²) < 4.78 is 0. The number of hydrogen-bond donors (Lipinski definition) is 2. The van der Waals surface area contributed by atoms with Crippen molar-refractivity contribution in [2.45, 2.75) is 25.8 Å². The normalized spacial score (nSPS) is 29.0. The molecule has 1 fully saturated rings. The van der Waals surface area contributed by atoms with Gasteiger partial charge in [0.25, 0.3) is 0 Å². The zero-order chi connectivity index (χ0) is 10.6. The number of rotatable bonds is 4. The minimum absolute atomic E-state index is 0.201. The molecule has 4 nitrogen and oxygen atoms in total. The van der Waals surface area contributed by atoms with Crippen LogP contribution in [0.2, 0.25) is 0 Å². The number of primary amides is 1. The molecular formula is C10H21N3O. The zero-order valence-corrected chi connectivity index (χ0v) is 9.12. The van der Waals surface area contributed by atoms with E-state index in [1.165, 1.54) is 0 Å². The highest BCUT2D eigenvalue weighted by atomic mass is 16.1. The van der Waals surface area contributed by atoms with E-state index in [1.54, 1.807) is 0 Å². The van der Waals surface area contributed by atoms with Gasteiger partial charge < -0.3 is 16.0 Å². The van der Waals surface area contributed by atoms with Crippen LogP contribution < -0.4 is 11.1 Å². The van der Waals surface area contributed by atoms with Gasteiger partial charge in [0.15, 0.2) is 0 Å². The summed E-state index contributed by atoms with van der Waals surface area (Å²) in [5, 5.41) is 3.32. The minimum atomic E-state index is -0.201. The Kier molecular flexibility index (Phi) is 4.35. The van der Waals surface area contributed by atoms with Crippen LogP contribution in [0, 0.1) is 5.92 Å². The lowest BCUT2D eigenvalue weighted by Gasteiger charge is -2.36. The summed E-state index contributed by atoms with van der Waals surface area (Å²) in [4.78, 5) is 12.9. The smallest absolute Gasteiger partial charge is 0.218 e. The third-order valence-corrected chi connectivity index (χ3v) is 3.03. The highest BCUT2D eigenvalue weighted by molar-refractivity contribution is 5.73. The number of hydrogen-bond acceptors (Lipinski definition) is 3. The molecule has 14 heavy (non-hydrogen) atoms. The molecule has 1 heterocycles. The summed E-state index contributed by atoms with van der Waals surface area (Å²) >= 11 is 0. The number of nitrogens with two attached hydrogens (primary N) is 1. The third kappa shape index (κ3) is 3.27. The van der Waals surface area contributed by atoms with Crippen molar-refractivity contribution in [1.82, 2.24) is 10.2 Å². The summed E-state index contributed by atoms with van der Waals surface area (Å²) in [7, 11) is 2.01. The first-order valence-corrected chi connectivity index (χ1v) is 5.31. The van der Waals surface area contributed by atoms with Gasteiger partial charge in [0.05, 0.1) is 0 Å². The summed E-state index contributed by atoms with van der Waals surface area (Å²) in [6.07, 6.45) is 1.65. The van der Waals surface area contributed by atoms with Crippen molar-refractivity contribution >= 4 is 5.91 Å². The molecule has 1 aliphatic rings. The molecule has 1 amide bonds. The van der Waals surface area contributed by atoms with Gasteiger partial charge in [-0.05, 0) is 25.9 Å². The molecule has 1 saturated heterocycles. The van der Waals surface area contributed by atoms with E-state index in [1.807, 2.05) is 7.05 Å². The minimum Gasteiger partial charge on any atom is -0.370 e. The van der Waals surface area contributed by atoms with E-state index in [0.717, 1.165) is 26.1 Å². The molecule has 3 N–H and O–H groups in total. The van der Waals surface area contributed by atoms with Gasteiger partial charge in [-0.25, -0.2) is 0 Å². The predicted molar refractivity (Wildman–Crippen MR) is 56.9 cm³/mol. The number of piperidine rings is 1. The van der Waals surface area contributed by atoms with Crippen LogP contribution in [0.5, 0.6) is 0 Å². The van der Waals surface area contributed by atoms with Crippen LogP contribution in [-0.2, 0) is 4.79 Å². The van der Waals surface area contributed by atoms with Gasteiger partial charge in [0, 0.05) is 25.6 Å². The molecule has 1 aliphatic heterocycles. The Balaban J connectivity index is 2.27. The van der Waals surface area contributed by atoms with Crippen molar-refractivity contribution < 1.29 is 4.79 Å². The van der Waals surface area contributed by atoms with Crippen LogP contribution in [0.15, 0.2) is 0 Å². The molecule has 0 aromatic carbocycles. The van der Waals surface area contributed by atoms with E-state index in [4.69, 9.17) is 5.73 Å². The van der Waals surface area contributed by atoms with Crippen molar-refractivity contribution in [1.29, 1.82) is 0 Å². The van der Waals surface area contributed by atoms with Gasteiger partial charge in [-0.2, -0.15) is 0 Å². The molecule has 2 unspecified atom stereocenters. The molecule has 0 aliphatic carbocycles. The molecule has 1 rings (SSSR count). The molecule has 0 aromatic rings. The van der Waals surface area contributed by atoms with Crippen LogP contribution >= 0.6 is 0 Å². The maximum absolute atomic E-state index is 10.6. The maximum atomic E-state index is 10.6. The lowest BCUT2D eigenvalue weighted by atomic mass is 9.94. The van der Waals surface area contributed by atoms with Gasteiger partial charge in [0.1, 0.15) is 0 Å². The molecule has 0 spiro atoms. The first-order valence-electron chi connectivity index (χ1n) is 5.31. The number of likely N-dealkylation sites (tertiary alicyclic amines) is 1. The van der Waals surface area contributed by atoms with Crippen LogP contribution in [0.25, 0.3) is 0 Å². The van der Waals surface area contributed by atoms with Crippen LogP contribution in [0.3, 0.4) is 0 Å². The predicted octanol–water partition coefficient (Wildman–Crippen LogP) is -0.208. The Bertz CT molecular complexity index is 196. The Morgan fingerprint density at radius 2 is 2.36 bits per heavy atom. The fourth-order valence-electron chi connectivity index (χ4n) is 2.13. The van der Waals surface area contributed by atoms with Crippen LogP contribution in [-0.4, -0.2) is 43.5 Å². The first kappa shape index (κ1) is 11.5. The molecule has 0 bridgehead atoms. The van der Waals surface area contributed by atoms with Gasteiger partial charge in [-0.3, -0.25) is 4.79 Å². The second kappa shape index (κ2) is 5.32. The molecule has 4 heteroatoms. The number of nitrogens with one attached hydrogen (secondary N) is 1. The Morgan fingerprint density at radius 1 is 1.64 bits per heavy atom. The topological polar surface area (TPSA) is 58.4 Å². The van der Waals surface area contributed by atoms with E-state index < -0.39 is 0 Å². The second-order valence-corrected chi connectivity index (χ2v) is 4.18. The van der Waals surface area contributed by atoms with Crippen LogP contribution in [0.4, 0.5) is 0 Å².